The highest BCUT2D eigenvalue weighted by Gasteiger charge is 2.13. The van der Waals surface area contributed by atoms with Crippen LogP contribution in [0.5, 0.6) is 0 Å². The smallest absolute Gasteiger partial charge is 0.0625 e. The van der Waals surface area contributed by atoms with Crippen molar-refractivity contribution < 1.29 is 4.74 Å². The van der Waals surface area contributed by atoms with Crippen LogP contribution in [0.4, 0.5) is 0 Å². The monoisotopic (exact) mass is 251 g/mol. The number of nitrogens with zero attached hydrogens (tertiary/aromatic N) is 2. The van der Waals surface area contributed by atoms with Crippen LogP contribution in [0.25, 0.3) is 0 Å². The lowest BCUT2D eigenvalue weighted by Crippen LogP contribution is -2.29. The third kappa shape index (κ3) is 3.56. The van der Waals surface area contributed by atoms with Crippen LogP contribution in [-0.4, -0.2) is 29.5 Å². The Morgan fingerprint density at radius 1 is 1.50 bits per heavy atom. The molecule has 1 unspecified atom stereocenters. The van der Waals surface area contributed by atoms with Crippen LogP contribution in [0.2, 0.25) is 0 Å². The van der Waals surface area contributed by atoms with E-state index in [-0.39, 0.29) is 0 Å². The highest BCUT2D eigenvalue weighted by molar-refractivity contribution is 5.10. The molecule has 102 valence electrons. The van der Waals surface area contributed by atoms with Crippen LogP contribution < -0.4 is 5.32 Å². The molecule has 4 heteroatoms. The Labute approximate surface area is 110 Å². The lowest BCUT2D eigenvalue weighted by atomic mass is 10.0. The van der Waals surface area contributed by atoms with Crippen molar-refractivity contribution in [2.45, 2.75) is 46.2 Å². The zero-order valence-corrected chi connectivity index (χ0v) is 11.6. The van der Waals surface area contributed by atoms with Gasteiger partial charge in [0.05, 0.1) is 18.0 Å². The van der Waals surface area contributed by atoms with Crippen LogP contribution in [0.1, 0.15) is 38.1 Å². The Hall–Kier alpha value is -0.870. The summed E-state index contributed by atoms with van der Waals surface area (Å²) in [6.07, 6.45) is 3.51. The molecule has 1 atom stereocenters. The lowest BCUT2D eigenvalue weighted by Gasteiger charge is -2.22. The second kappa shape index (κ2) is 6.90. The average molecular weight is 251 g/mol. The molecule has 0 bridgehead atoms. The Kier molecular flexibility index (Phi) is 5.20. The fraction of sp³-hybridized carbons (Fsp3) is 0.786. The molecule has 4 nitrogen and oxygen atoms in total. The van der Waals surface area contributed by atoms with Crippen LogP contribution in [0, 0.1) is 5.92 Å². The summed E-state index contributed by atoms with van der Waals surface area (Å²) in [5.74, 6) is 0.683. The number of aryl methyl sites for hydroxylation is 2. The first-order valence-corrected chi connectivity index (χ1v) is 7.17. The molecular weight excluding hydrogens is 226 g/mol. The summed E-state index contributed by atoms with van der Waals surface area (Å²) in [5.41, 5.74) is 2.49. The van der Waals surface area contributed by atoms with Gasteiger partial charge in [0.15, 0.2) is 0 Å². The van der Waals surface area contributed by atoms with E-state index in [1.54, 1.807) is 0 Å². The summed E-state index contributed by atoms with van der Waals surface area (Å²) in [5, 5.41) is 8.11. The van der Waals surface area contributed by atoms with Crippen LogP contribution in [-0.2, 0) is 24.2 Å². The zero-order valence-electron chi connectivity index (χ0n) is 11.6. The van der Waals surface area contributed by atoms with Crippen LogP contribution in [0.15, 0.2) is 6.07 Å². The molecule has 1 aromatic heterocycles. The van der Waals surface area contributed by atoms with Crippen LogP contribution in [0.3, 0.4) is 0 Å². The fourth-order valence-corrected chi connectivity index (χ4v) is 2.48. The van der Waals surface area contributed by atoms with E-state index >= 15 is 0 Å². The van der Waals surface area contributed by atoms with E-state index in [0.29, 0.717) is 5.92 Å². The van der Waals surface area contributed by atoms with Gasteiger partial charge in [-0.3, -0.25) is 4.68 Å². The number of rotatable bonds is 6. The minimum atomic E-state index is 0.683. The van der Waals surface area contributed by atoms with Gasteiger partial charge in [-0.15, -0.1) is 0 Å². The van der Waals surface area contributed by atoms with E-state index in [4.69, 9.17) is 4.74 Å². The van der Waals surface area contributed by atoms with Gasteiger partial charge in [-0.2, -0.15) is 5.10 Å². The molecule has 1 aliphatic heterocycles. The van der Waals surface area contributed by atoms with Crippen molar-refractivity contribution in [3.63, 3.8) is 0 Å². The molecule has 1 aromatic rings. The number of aromatic nitrogens is 2. The van der Waals surface area contributed by atoms with Crippen molar-refractivity contribution in [1.82, 2.24) is 15.1 Å². The predicted molar refractivity (Wildman–Crippen MR) is 72.5 cm³/mol. The number of hydrogen-bond donors (Lipinski definition) is 1. The molecule has 18 heavy (non-hydrogen) atoms. The third-order valence-electron chi connectivity index (χ3n) is 3.57. The van der Waals surface area contributed by atoms with Crippen molar-refractivity contribution in [3.05, 3.63) is 17.5 Å². The Bertz CT molecular complexity index is 356. The summed E-state index contributed by atoms with van der Waals surface area (Å²) < 4.78 is 7.59. The number of hydrogen-bond acceptors (Lipinski definition) is 3. The largest absolute Gasteiger partial charge is 0.381 e. The third-order valence-corrected chi connectivity index (χ3v) is 3.57. The van der Waals surface area contributed by atoms with E-state index in [0.717, 1.165) is 39.3 Å². The quantitative estimate of drug-likeness (QED) is 0.840. The van der Waals surface area contributed by atoms with Crippen LogP contribution >= 0.6 is 0 Å². The van der Waals surface area contributed by atoms with Gasteiger partial charge in [0.1, 0.15) is 0 Å². The zero-order chi connectivity index (χ0) is 12.8. The van der Waals surface area contributed by atoms with Crippen molar-refractivity contribution in [2.24, 2.45) is 5.92 Å². The maximum absolute atomic E-state index is 5.49. The minimum Gasteiger partial charge on any atom is -0.381 e. The molecule has 0 spiro atoms. The molecule has 1 aliphatic rings. The second-order valence-electron chi connectivity index (χ2n) is 5.01. The van der Waals surface area contributed by atoms with Gasteiger partial charge >= 0.3 is 0 Å². The second-order valence-corrected chi connectivity index (χ2v) is 5.01. The molecule has 1 fully saturated rings. The molecule has 0 aliphatic carbocycles. The van der Waals surface area contributed by atoms with Gasteiger partial charge in [0, 0.05) is 26.2 Å². The van der Waals surface area contributed by atoms with Gasteiger partial charge in [0.2, 0.25) is 0 Å². The first-order chi connectivity index (χ1) is 8.83. The molecule has 2 rings (SSSR count). The first kappa shape index (κ1) is 13.6. The van der Waals surface area contributed by atoms with Gasteiger partial charge in [0.25, 0.3) is 0 Å². The fourth-order valence-electron chi connectivity index (χ4n) is 2.48. The summed E-state index contributed by atoms with van der Waals surface area (Å²) in [4.78, 5) is 0. The van der Waals surface area contributed by atoms with E-state index in [9.17, 15) is 0 Å². The lowest BCUT2D eigenvalue weighted by molar-refractivity contribution is 0.0547. The predicted octanol–water partition coefficient (Wildman–Crippen LogP) is 1.98. The van der Waals surface area contributed by atoms with E-state index in [1.807, 2.05) is 0 Å². The molecule has 1 saturated heterocycles. The summed E-state index contributed by atoms with van der Waals surface area (Å²) in [6, 6.07) is 2.22. The highest BCUT2D eigenvalue weighted by atomic mass is 16.5. The maximum Gasteiger partial charge on any atom is 0.0625 e. The van der Waals surface area contributed by atoms with Crippen molar-refractivity contribution >= 4 is 0 Å². The Balaban J connectivity index is 1.79. The minimum absolute atomic E-state index is 0.683. The topological polar surface area (TPSA) is 39.1 Å². The van der Waals surface area contributed by atoms with Gasteiger partial charge in [-0.25, -0.2) is 0 Å². The molecular formula is C14H25N3O. The summed E-state index contributed by atoms with van der Waals surface area (Å²) in [6.45, 7) is 9.07. The summed E-state index contributed by atoms with van der Waals surface area (Å²) in [7, 11) is 0. The SMILES string of the molecule is CCc1cc(CNCC2CCCOC2)n(CC)n1. The molecule has 0 saturated carbocycles. The van der Waals surface area contributed by atoms with Crippen molar-refractivity contribution in [3.8, 4) is 0 Å². The molecule has 1 N–H and O–H groups in total. The molecule has 0 amide bonds. The Morgan fingerprint density at radius 3 is 3.06 bits per heavy atom. The molecule has 2 heterocycles. The molecule has 0 aromatic carbocycles. The maximum atomic E-state index is 5.49. The van der Waals surface area contributed by atoms with Crippen molar-refractivity contribution in [1.29, 1.82) is 0 Å². The average Bonchev–Trinajstić information content (AvgIpc) is 2.82. The Morgan fingerprint density at radius 2 is 2.39 bits per heavy atom. The number of ether oxygens (including phenoxy) is 1. The standard InChI is InChI=1S/C14H25N3O/c1-3-13-8-14(17(4-2)16-13)10-15-9-12-6-5-7-18-11-12/h8,12,15H,3-7,9-11H2,1-2H3. The molecule has 0 radical (unpaired) electrons. The first-order valence-electron chi connectivity index (χ1n) is 7.17. The van der Waals surface area contributed by atoms with Gasteiger partial charge in [-0.05, 0) is 38.2 Å². The van der Waals surface area contributed by atoms with E-state index in [2.05, 4.69) is 35.0 Å². The van der Waals surface area contributed by atoms with Crippen molar-refractivity contribution in [2.75, 3.05) is 19.8 Å². The van der Waals surface area contributed by atoms with E-state index in [1.165, 1.54) is 24.2 Å². The van der Waals surface area contributed by atoms with Gasteiger partial charge < -0.3 is 10.1 Å². The summed E-state index contributed by atoms with van der Waals surface area (Å²) >= 11 is 0. The normalized spacial score (nSPS) is 20.2. The highest BCUT2D eigenvalue weighted by Crippen LogP contribution is 2.12. The van der Waals surface area contributed by atoms with Gasteiger partial charge in [-0.1, -0.05) is 6.92 Å². The number of nitrogens with one attached hydrogen (secondary N) is 1. The van der Waals surface area contributed by atoms with E-state index < -0.39 is 0 Å².